The average Bonchev–Trinajstić information content (AvgIpc) is 2.75. The van der Waals surface area contributed by atoms with Crippen LogP contribution >= 0.6 is 0 Å². The summed E-state index contributed by atoms with van der Waals surface area (Å²) < 4.78 is 15.7. The van der Waals surface area contributed by atoms with Crippen LogP contribution in [0.1, 0.15) is 38.1 Å². The molecule has 2 aromatic rings. The van der Waals surface area contributed by atoms with Crippen LogP contribution in [0.15, 0.2) is 42.5 Å². The van der Waals surface area contributed by atoms with Crippen molar-refractivity contribution in [3.8, 4) is 16.9 Å². The molecule has 0 aliphatic rings. The summed E-state index contributed by atoms with van der Waals surface area (Å²) in [6, 6.07) is 10.1. The zero-order valence-electron chi connectivity index (χ0n) is 19.0. The van der Waals surface area contributed by atoms with E-state index in [0.717, 1.165) is 5.56 Å². The van der Waals surface area contributed by atoms with Crippen LogP contribution in [0.5, 0.6) is 5.75 Å². The molecule has 2 aromatic carbocycles. The first-order valence-corrected chi connectivity index (χ1v) is 9.96. The van der Waals surface area contributed by atoms with Crippen molar-refractivity contribution in [3.05, 3.63) is 58.1 Å². The van der Waals surface area contributed by atoms with Gasteiger partial charge in [-0.25, -0.2) is 4.79 Å². The lowest BCUT2D eigenvalue weighted by Crippen LogP contribution is -2.51. The number of nitro groups is 1. The number of esters is 1. The Labute approximate surface area is 186 Å². The molecule has 9 nitrogen and oxygen atoms in total. The highest BCUT2D eigenvalue weighted by Gasteiger charge is 2.33. The molecule has 0 fully saturated rings. The van der Waals surface area contributed by atoms with Crippen LogP contribution < -0.4 is 10.1 Å². The predicted molar refractivity (Wildman–Crippen MR) is 119 cm³/mol. The number of carbonyl (C=O) groups is 2. The van der Waals surface area contributed by atoms with Crippen molar-refractivity contribution in [2.24, 2.45) is 0 Å². The first-order valence-electron chi connectivity index (χ1n) is 9.96. The van der Waals surface area contributed by atoms with E-state index in [9.17, 15) is 19.7 Å². The highest BCUT2D eigenvalue weighted by atomic mass is 16.6. The van der Waals surface area contributed by atoms with Gasteiger partial charge in [0.2, 0.25) is 0 Å². The van der Waals surface area contributed by atoms with E-state index >= 15 is 0 Å². The minimum absolute atomic E-state index is 0.177. The van der Waals surface area contributed by atoms with Crippen molar-refractivity contribution < 1.29 is 28.7 Å². The Bertz CT molecular complexity index is 981. The van der Waals surface area contributed by atoms with E-state index in [2.05, 4.69) is 5.32 Å². The normalized spacial score (nSPS) is 13.1. The number of ether oxygens (including phenoxy) is 3. The Morgan fingerprint density at radius 1 is 1.03 bits per heavy atom. The van der Waals surface area contributed by atoms with E-state index in [1.807, 2.05) is 20.8 Å². The molecule has 0 radical (unpaired) electrons. The van der Waals surface area contributed by atoms with Gasteiger partial charge in [-0.05, 0) is 57.0 Å². The lowest BCUT2D eigenvalue weighted by molar-refractivity contribution is -0.385. The third kappa shape index (κ3) is 6.27. The van der Waals surface area contributed by atoms with Crippen LogP contribution in [-0.2, 0) is 14.3 Å². The smallest absolute Gasteiger partial charge is 0.331 e. The molecule has 32 heavy (non-hydrogen) atoms. The Balaban J connectivity index is 2.36. The topological polar surface area (TPSA) is 117 Å². The van der Waals surface area contributed by atoms with Crippen LogP contribution in [0, 0.1) is 10.1 Å². The maximum atomic E-state index is 12.9. The maximum Gasteiger partial charge on any atom is 0.331 e. The molecule has 2 rings (SSSR count). The van der Waals surface area contributed by atoms with Gasteiger partial charge >= 0.3 is 5.97 Å². The van der Waals surface area contributed by atoms with Crippen LogP contribution in [0.2, 0.25) is 0 Å². The fourth-order valence-electron chi connectivity index (χ4n) is 3.18. The van der Waals surface area contributed by atoms with Gasteiger partial charge in [0, 0.05) is 6.07 Å². The highest BCUT2D eigenvalue weighted by molar-refractivity contribution is 6.01. The summed E-state index contributed by atoms with van der Waals surface area (Å²) in [5.74, 6) is -0.843. The molecular formula is C23H28N2O7. The number of benzene rings is 2. The summed E-state index contributed by atoms with van der Waals surface area (Å²) >= 11 is 0. The lowest BCUT2D eigenvalue weighted by Gasteiger charge is -2.29. The molecule has 0 bridgehead atoms. The Hall–Kier alpha value is -3.46. The summed E-state index contributed by atoms with van der Waals surface area (Å²) in [5.41, 5.74) is 0.140. The van der Waals surface area contributed by atoms with Crippen molar-refractivity contribution in [1.82, 2.24) is 5.32 Å². The SMILES string of the molecule is COC(=O)[C@@H](NC(=O)c1ccc(-c2ccc(OC)cc2)cc1[N+](=O)[O-])C(C)OC(C)(C)C. The third-order valence-corrected chi connectivity index (χ3v) is 4.61. The molecule has 0 saturated heterocycles. The Morgan fingerprint density at radius 2 is 1.62 bits per heavy atom. The molecule has 0 heterocycles. The van der Waals surface area contributed by atoms with Gasteiger partial charge in [-0.3, -0.25) is 14.9 Å². The van der Waals surface area contributed by atoms with Gasteiger partial charge in [-0.15, -0.1) is 0 Å². The molecule has 0 aliphatic heterocycles. The molecule has 0 spiro atoms. The van der Waals surface area contributed by atoms with Crippen LogP contribution in [0.3, 0.4) is 0 Å². The minimum Gasteiger partial charge on any atom is -0.497 e. The number of nitro benzene ring substituents is 1. The largest absolute Gasteiger partial charge is 0.497 e. The summed E-state index contributed by atoms with van der Waals surface area (Å²) in [6.07, 6.45) is -0.732. The highest BCUT2D eigenvalue weighted by Crippen LogP contribution is 2.29. The fraction of sp³-hybridized carbons (Fsp3) is 0.391. The quantitative estimate of drug-likeness (QED) is 0.374. The second kappa shape index (κ2) is 10.2. The van der Waals surface area contributed by atoms with Gasteiger partial charge in [-0.2, -0.15) is 0 Å². The number of nitrogens with one attached hydrogen (secondary N) is 1. The summed E-state index contributed by atoms with van der Waals surface area (Å²) in [5, 5.41) is 14.2. The molecule has 1 unspecified atom stereocenters. The minimum atomic E-state index is -1.15. The molecular weight excluding hydrogens is 416 g/mol. The number of methoxy groups -OCH3 is 2. The molecule has 1 amide bonds. The second-order valence-electron chi connectivity index (χ2n) is 8.13. The zero-order valence-corrected chi connectivity index (χ0v) is 19.0. The van der Waals surface area contributed by atoms with Crippen LogP contribution in [0.4, 0.5) is 5.69 Å². The van der Waals surface area contributed by atoms with E-state index in [1.54, 1.807) is 44.4 Å². The molecule has 0 aromatic heterocycles. The van der Waals surface area contributed by atoms with Gasteiger partial charge in [-0.1, -0.05) is 18.2 Å². The number of carbonyl (C=O) groups excluding carboxylic acids is 2. The number of rotatable bonds is 8. The number of hydrogen-bond acceptors (Lipinski definition) is 7. The first-order chi connectivity index (χ1) is 15.0. The maximum absolute atomic E-state index is 12.9. The van der Waals surface area contributed by atoms with Crippen molar-refractivity contribution in [2.45, 2.75) is 45.4 Å². The van der Waals surface area contributed by atoms with Crippen molar-refractivity contribution in [1.29, 1.82) is 0 Å². The predicted octanol–water partition coefficient (Wildman–Crippen LogP) is 3.75. The van der Waals surface area contributed by atoms with Gasteiger partial charge in [0.15, 0.2) is 6.04 Å². The molecule has 2 atom stereocenters. The van der Waals surface area contributed by atoms with E-state index < -0.39 is 34.5 Å². The van der Waals surface area contributed by atoms with E-state index in [1.165, 1.54) is 19.2 Å². The number of amides is 1. The monoisotopic (exact) mass is 444 g/mol. The van der Waals surface area contributed by atoms with Crippen LogP contribution in [-0.4, -0.2) is 48.8 Å². The summed E-state index contributed by atoms with van der Waals surface area (Å²) in [7, 11) is 2.74. The summed E-state index contributed by atoms with van der Waals surface area (Å²) in [6.45, 7) is 7.04. The fourth-order valence-corrected chi connectivity index (χ4v) is 3.18. The van der Waals surface area contributed by atoms with Crippen molar-refractivity contribution in [2.75, 3.05) is 14.2 Å². The summed E-state index contributed by atoms with van der Waals surface area (Å²) in [4.78, 5) is 36.2. The van der Waals surface area contributed by atoms with Crippen molar-refractivity contribution in [3.63, 3.8) is 0 Å². The molecule has 1 N–H and O–H groups in total. The zero-order chi connectivity index (χ0) is 24.1. The first kappa shape index (κ1) is 24.8. The second-order valence-corrected chi connectivity index (χ2v) is 8.13. The molecule has 0 aliphatic carbocycles. The lowest BCUT2D eigenvalue weighted by atomic mass is 10.0. The van der Waals surface area contributed by atoms with E-state index in [4.69, 9.17) is 14.2 Å². The van der Waals surface area contributed by atoms with E-state index in [0.29, 0.717) is 11.3 Å². The molecule has 9 heteroatoms. The third-order valence-electron chi connectivity index (χ3n) is 4.61. The van der Waals surface area contributed by atoms with Gasteiger partial charge in [0.25, 0.3) is 11.6 Å². The standard InChI is InChI=1S/C23H28N2O7/c1-14(32-23(2,3)4)20(22(27)31-6)24-21(26)18-12-9-16(13-19(18)25(28)29)15-7-10-17(30-5)11-8-15/h7-14,20H,1-6H3,(H,24,26)/t14?,20-/m0/s1. The number of hydrogen-bond donors (Lipinski definition) is 1. The van der Waals surface area contributed by atoms with Gasteiger partial charge in [0.05, 0.1) is 30.8 Å². The van der Waals surface area contributed by atoms with Gasteiger partial charge < -0.3 is 19.5 Å². The Kier molecular flexibility index (Phi) is 7.93. The number of nitrogens with zero attached hydrogens (tertiary/aromatic N) is 1. The van der Waals surface area contributed by atoms with Crippen molar-refractivity contribution >= 4 is 17.6 Å². The molecule has 0 saturated carbocycles. The van der Waals surface area contributed by atoms with Gasteiger partial charge in [0.1, 0.15) is 11.3 Å². The van der Waals surface area contributed by atoms with E-state index in [-0.39, 0.29) is 11.3 Å². The van der Waals surface area contributed by atoms with Crippen LogP contribution in [0.25, 0.3) is 11.1 Å². The Morgan fingerprint density at radius 3 is 2.12 bits per heavy atom. The molecule has 172 valence electrons. The average molecular weight is 444 g/mol.